The van der Waals surface area contributed by atoms with E-state index in [0.29, 0.717) is 23.5 Å². The van der Waals surface area contributed by atoms with Gasteiger partial charge in [-0.3, -0.25) is 4.79 Å². The highest BCUT2D eigenvalue weighted by atomic mass is 16.5. The van der Waals surface area contributed by atoms with Crippen molar-refractivity contribution in [3.05, 3.63) is 84.4 Å². The minimum atomic E-state index is -0.430. The summed E-state index contributed by atoms with van der Waals surface area (Å²) in [5.41, 5.74) is 5.93. The van der Waals surface area contributed by atoms with Gasteiger partial charge in [-0.1, -0.05) is 62.9 Å². The molecule has 0 aliphatic rings. The maximum Gasteiger partial charge on any atom is 0.338 e. The van der Waals surface area contributed by atoms with E-state index in [0.717, 1.165) is 28.7 Å². The summed E-state index contributed by atoms with van der Waals surface area (Å²) in [6, 6.07) is 21.4. The van der Waals surface area contributed by atoms with Crippen molar-refractivity contribution in [2.75, 3.05) is 0 Å². The van der Waals surface area contributed by atoms with Crippen molar-refractivity contribution in [2.24, 2.45) is 0 Å². The number of hydrogen-bond acceptors (Lipinski definition) is 4. The minimum absolute atomic E-state index is 0.244. The lowest BCUT2D eigenvalue weighted by Gasteiger charge is -2.12. The van der Waals surface area contributed by atoms with Gasteiger partial charge in [-0.05, 0) is 65.4 Å². The molecule has 0 aliphatic heterocycles. The number of benzene rings is 3. The van der Waals surface area contributed by atoms with Crippen LogP contribution in [0.5, 0.6) is 11.5 Å². The average Bonchev–Trinajstić information content (AvgIpc) is 2.79. The standard InChI is InChI=1S/C27H26O4/c1-5-19-17-22(20-7-12-24(13-8-20)31-27(29)18(3)4)11-16-25(19)21-9-14-23(15-10-21)30-26(28)6-2/h7-17H,3,5-6H2,1-2,4H3. The first-order valence-corrected chi connectivity index (χ1v) is 10.3. The Morgan fingerprint density at radius 2 is 1.32 bits per heavy atom. The molecule has 0 heterocycles. The molecule has 4 nitrogen and oxygen atoms in total. The Balaban J connectivity index is 1.82. The Labute approximate surface area is 183 Å². The van der Waals surface area contributed by atoms with Crippen molar-refractivity contribution in [3.8, 4) is 33.8 Å². The molecule has 4 heteroatoms. The summed E-state index contributed by atoms with van der Waals surface area (Å²) in [7, 11) is 0. The van der Waals surface area contributed by atoms with Crippen LogP contribution >= 0.6 is 0 Å². The predicted octanol–water partition coefficient (Wildman–Crippen LogP) is 6.38. The zero-order chi connectivity index (χ0) is 22.4. The maximum absolute atomic E-state index is 11.7. The lowest BCUT2D eigenvalue weighted by atomic mass is 9.93. The number of aryl methyl sites for hydroxylation is 1. The molecule has 0 atom stereocenters. The van der Waals surface area contributed by atoms with E-state index < -0.39 is 5.97 Å². The van der Waals surface area contributed by atoms with Crippen LogP contribution in [0, 0.1) is 0 Å². The number of ether oxygens (including phenoxy) is 2. The summed E-state index contributed by atoms with van der Waals surface area (Å²) in [5.74, 6) is 0.373. The van der Waals surface area contributed by atoms with Crippen LogP contribution in [0.4, 0.5) is 0 Å². The Morgan fingerprint density at radius 3 is 1.87 bits per heavy atom. The van der Waals surface area contributed by atoms with E-state index >= 15 is 0 Å². The van der Waals surface area contributed by atoms with Crippen LogP contribution in [0.2, 0.25) is 0 Å². The van der Waals surface area contributed by atoms with Crippen molar-refractivity contribution in [1.82, 2.24) is 0 Å². The molecule has 0 saturated carbocycles. The lowest BCUT2D eigenvalue weighted by molar-refractivity contribution is -0.134. The van der Waals surface area contributed by atoms with Crippen molar-refractivity contribution in [3.63, 3.8) is 0 Å². The van der Waals surface area contributed by atoms with Crippen molar-refractivity contribution in [2.45, 2.75) is 33.6 Å². The predicted molar refractivity (Wildman–Crippen MR) is 123 cm³/mol. The molecule has 0 N–H and O–H groups in total. The first-order chi connectivity index (χ1) is 14.9. The van der Waals surface area contributed by atoms with E-state index in [1.165, 1.54) is 5.56 Å². The van der Waals surface area contributed by atoms with E-state index in [1.54, 1.807) is 26.0 Å². The Hall–Kier alpha value is -3.66. The largest absolute Gasteiger partial charge is 0.427 e. The molecule has 3 aromatic rings. The van der Waals surface area contributed by atoms with E-state index in [4.69, 9.17) is 9.47 Å². The third-order valence-corrected chi connectivity index (χ3v) is 4.92. The van der Waals surface area contributed by atoms with Gasteiger partial charge in [-0.15, -0.1) is 0 Å². The van der Waals surface area contributed by atoms with Gasteiger partial charge in [-0.2, -0.15) is 0 Å². The summed E-state index contributed by atoms with van der Waals surface area (Å²) in [6.45, 7) is 9.11. The van der Waals surface area contributed by atoms with Crippen LogP contribution in [0.1, 0.15) is 32.8 Å². The van der Waals surface area contributed by atoms with Crippen LogP contribution < -0.4 is 9.47 Å². The van der Waals surface area contributed by atoms with Gasteiger partial charge < -0.3 is 9.47 Å². The molecule has 0 amide bonds. The number of esters is 2. The number of hydrogen-bond donors (Lipinski definition) is 0. The highest BCUT2D eigenvalue weighted by Crippen LogP contribution is 2.31. The SMILES string of the molecule is C=C(C)C(=O)Oc1ccc(-c2ccc(-c3ccc(OC(=O)CC)cc3)c(CC)c2)cc1. The van der Waals surface area contributed by atoms with Gasteiger partial charge in [0.1, 0.15) is 11.5 Å². The van der Waals surface area contributed by atoms with Crippen molar-refractivity contribution < 1.29 is 19.1 Å². The van der Waals surface area contributed by atoms with Crippen molar-refractivity contribution >= 4 is 11.9 Å². The highest BCUT2D eigenvalue weighted by molar-refractivity contribution is 5.88. The Kier molecular flexibility index (Phi) is 7.03. The van der Waals surface area contributed by atoms with E-state index in [-0.39, 0.29) is 5.97 Å². The lowest BCUT2D eigenvalue weighted by Crippen LogP contribution is -2.07. The monoisotopic (exact) mass is 414 g/mol. The van der Waals surface area contributed by atoms with Gasteiger partial charge in [0, 0.05) is 12.0 Å². The van der Waals surface area contributed by atoms with Gasteiger partial charge in [0.25, 0.3) is 0 Å². The van der Waals surface area contributed by atoms with Crippen LogP contribution in [0.25, 0.3) is 22.3 Å². The highest BCUT2D eigenvalue weighted by Gasteiger charge is 2.09. The van der Waals surface area contributed by atoms with Crippen LogP contribution in [0.15, 0.2) is 78.9 Å². The average molecular weight is 415 g/mol. The smallest absolute Gasteiger partial charge is 0.338 e. The van der Waals surface area contributed by atoms with E-state index in [1.807, 2.05) is 36.4 Å². The maximum atomic E-state index is 11.7. The van der Waals surface area contributed by atoms with Gasteiger partial charge in [0.2, 0.25) is 0 Å². The first kappa shape index (κ1) is 22.0. The number of carbonyl (C=O) groups excluding carboxylic acids is 2. The molecule has 0 unspecified atom stereocenters. The zero-order valence-corrected chi connectivity index (χ0v) is 18.1. The molecule has 0 aliphatic carbocycles. The van der Waals surface area contributed by atoms with Crippen LogP contribution in [-0.4, -0.2) is 11.9 Å². The molecule has 3 rings (SSSR count). The Morgan fingerprint density at radius 1 is 0.774 bits per heavy atom. The van der Waals surface area contributed by atoms with Gasteiger partial charge in [0.15, 0.2) is 0 Å². The zero-order valence-electron chi connectivity index (χ0n) is 18.1. The molecule has 0 bridgehead atoms. The summed E-state index contributed by atoms with van der Waals surface area (Å²) < 4.78 is 10.5. The number of rotatable bonds is 7. The molecule has 0 radical (unpaired) electrons. The summed E-state index contributed by atoms with van der Waals surface area (Å²) in [6.07, 6.45) is 1.23. The first-order valence-electron chi connectivity index (χ1n) is 10.3. The third kappa shape index (κ3) is 5.48. The summed E-state index contributed by atoms with van der Waals surface area (Å²) in [5, 5.41) is 0. The fraction of sp³-hybridized carbons (Fsp3) is 0.185. The quantitative estimate of drug-likeness (QED) is 0.256. The number of carbonyl (C=O) groups is 2. The van der Waals surface area contributed by atoms with Gasteiger partial charge in [0.05, 0.1) is 0 Å². The molecule has 0 fully saturated rings. The second-order valence-electron chi connectivity index (χ2n) is 7.27. The Bertz CT molecular complexity index is 1090. The molecule has 0 aromatic heterocycles. The van der Waals surface area contributed by atoms with Crippen molar-refractivity contribution in [1.29, 1.82) is 0 Å². The normalized spacial score (nSPS) is 10.4. The fourth-order valence-corrected chi connectivity index (χ4v) is 3.16. The summed E-state index contributed by atoms with van der Waals surface area (Å²) >= 11 is 0. The second kappa shape index (κ2) is 9.90. The molecule has 158 valence electrons. The molecular formula is C27H26O4. The van der Waals surface area contributed by atoms with Crippen LogP contribution in [0.3, 0.4) is 0 Å². The second-order valence-corrected chi connectivity index (χ2v) is 7.27. The summed E-state index contributed by atoms with van der Waals surface area (Å²) in [4.78, 5) is 23.1. The molecule has 0 saturated heterocycles. The van der Waals surface area contributed by atoms with E-state index in [2.05, 4.69) is 31.7 Å². The molecule has 0 spiro atoms. The van der Waals surface area contributed by atoms with Gasteiger partial charge in [-0.25, -0.2) is 4.79 Å². The molecule has 31 heavy (non-hydrogen) atoms. The fourth-order valence-electron chi connectivity index (χ4n) is 3.16. The van der Waals surface area contributed by atoms with Gasteiger partial charge >= 0.3 is 11.9 Å². The molecule has 3 aromatic carbocycles. The topological polar surface area (TPSA) is 52.6 Å². The van der Waals surface area contributed by atoms with E-state index in [9.17, 15) is 9.59 Å². The minimum Gasteiger partial charge on any atom is -0.427 e. The van der Waals surface area contributed by atoms with Crippen LogP contribution in [-0.2, 0) is 16.0 Å². The third-order valence-electron chi connectivity index (χ3n) is 4.92. The molecular weight excluding hydrogens is 388 g/mol.